The number of piperazine rings is 1. The highest BCUT2D eigenvalue weighted by Crippen LogP contribution is 2.27. The third kappa shape index (κ3) is 6.80. The van der Waals surface area contributed by atoms with E-state index in [2.05, 4.69) is 9.62 Å². The first-order valence-electron chi connectivity index (χ1n) is 12.0. The van der Waals surface area contributed by atoms with Crippen molar-refractivity contribution in [3.8, 4) is 5.75 Å². The molecule has 7 nitrogen and oxygen atoms in total. The van der Waals surface area contributed by atoms with Crippen molar-refractivity contribution in [1.29, 1.82) is 0 Å². The van der Waals surface area contributed by atoms with Gasteiger partial charge in [-0.1, -0.05) is 41.9 Å². The minimum Gasteiger partial charge on any atom is -0.492 e. The van der Waals surface area contributed by atoms with E-state index in [0.717, 1.165) is 11.3 Å². The van der Waals surface area contributed by atoms with Crippen molar-refractivity contribution in [1.82, 2.24) is 9.62 Å². The third-order valence-corrected chi connectivity index (χ3v) is 7.94. The molecule has 0 aliphatic carbocycles. The normalized spacial score (nSPS) is 14.9. The van der Waals surface area contributed by atoms with E-state index in [1.165, 1.54) is 30.3 Å². The molecule has 1 N–H and O–H groups in total. The van der Waals surface area contributed by atoms with Gasteiger partial charge in [0.15, 0.2) is 0 Å². The second-order valence-corrected chi connectivity index (χ2v) is 10.8. The molecule has 1 saturated heterocycles. The Labute approximate surface area is 221 Å². The first-order chi connectivity index (χ1) is 17.8. The number of amides is 1. The van der Waals surface area contributed by atoms with E-state index in [9.17, 15) is 17.6 Å². The van der Waals surface area contributed by atoms with Crippen molar-refractivity contribution in [3.05, 3.63) is 89.2 Å². The van der Waals surface area contributed by atoms with Gasteiger partial charge in [-0.05, 0) is 61.4 Å². The van der Waals surface area contributed by atoms with Gasteiger partial charge >= 0.3 is 0 Å². The molecule has 196 valence electrons. The minimum atomic E-state index is -4.06. The zero-order valence-corrected chi connectivity index (χ0v) is 22.0. The van der Waals surface area contributed by atoms with Gasteiger partial charge in [-0.3, -0.25) is 4.79 Å². The number of halogens is 2. The molecule has 1 amide bonds. The van der Waals surface area contributed by atoms with Gasteiger partial charge in [0.05, 0.1) is 16.5 Å². The Balaban J connectivity index is 1.51. The lowest BCUT2D eigenvalue weighted by Crippen LogP contribution is -2.55. The maximum Gasteiger partial charge on any atom is 0.241 e. The van der Waals surface area contributed by atoms with Crippen LogP contribution in [-0.2, 0) is 21.2 Å². The summed E-state index contributed by atoms with van der Waals surface area (Å²) in [5, 5.41) is 0.174. The van der Waals surface area contributed by atoms with Gasteiger partial charge in [0.1, 0.15) is 17.6 Å². The van der Waals surface area contributed by atoms with Gasteiger partial charge in [-0.15, -0.1) is 0 Å². The van der Waals surface area contributed by atoms with Crippen LogP contribution in [0.4, 0.5) is 10.1 Å². The molecule has 1 fully saturated rings. The van der Waals surface area contributed by atoms with Crippen molar-refractivity contribution >= 4 is 33.2 Å². The molecule has 1 aliphatic rings. The Hall–Kier alpha value is -3.14. The van der Waals surface area contributed by atoms with Crippen LogP contribution < -0.4 is 14.4 Å². The van der Waals surface area contributed by atoms with Crippen LogP contribution in [0.1, 0.15) is 12.5 Å². The molecular formula is C27H29ClFN3O4S. The van der Waals surface area contributed by atoms with E-state index in [4.69, 9.17) is 16.3 Å². The maximum atomic E-state index is 13.6. The summed E-state index contributed by atoms with van der Waals surface area (Å²) in [7, 11) is -4.06. The van der Waals surface area contributed by atoms with Crippen LogP contribution in [-0.4, -0.2) is 58.1 Å². The molecule has 4 rings (SSSR count). The highest BCUT2D eigenvalue weighted by Gasteiger charge is 2.31. The van der Waals surface area contributed by atoms with Crippen molar-refractivity contribution in [2.24, 2.45) is 0 Å². The fraction of sp³-hybridized carbons (Fsp3) is 0.296. The number of hydrogen-bond acceptors (Lipinski definition) is 5. The summed E-state index contributed by atoms with van der Waals surface area (Å²) in [6.45, 7) is 4.14. The lowest BCUT2D eigenvalue weighted by atomic mass is 10.1. The van der Waals surface area contributed by atoms with Crippen LogP contribution in [0, 0.1) is 5.82 Å². The van der Waals surface area contributed by atoms with E-state index in [0.29, 0.717) is 38.5 Å². The molecule has 1 aliphatic heterocycles. The third-order valence-electron chi connectivity index (χ3n) is 6.17. The number of nitrogens with one attached hydrogen (secondary N) is 1. The average Bonchev–Trinajstić information content (AvgIpc) is 2.90. The topological polar surface area (TPSA) is 78.9 Å². The summed E-state index contributed by atoms with van der Waals surface area (Å²) < 4.78 is 47.9. The van der Waals surface area contributed by atoms with Gasteiger partial charge in [0, 0.05) is 31.9 Å². The van der Waals surface area contributed by atoms with E-state index >= 15 is 0 Å². The lowest BCUT2D eigenvalue weighted by molar-refractivity contribution is -0.133. The molecule has 0 bridgehead atoms. The van der Waals surface area contributed by atoms with Crippen LogP contribution in [0.5, 0.6) is 5.75 Å². The maximum absolute atomic E-state index is 13.6. The zero-order valence-electron chi connectivity index (χ0n) is 20.4. The first kappa shape index (κ1) is 26.9. The molecule has 0 saturated carbocycles. The van der Waals surface area contributed by atoms with Gasteiger partial charge < -0.3 is 14.5 Å². The molecule has 3 aromatic rings. The standard InChI is InChI=1S/C27H29ClFN3O4S/c1-2-36-26-13-12-23(19-24(26)28)37(34,35)30-25(18-20-6-4-3-5-7-20)27(33)32-16-14-31(15-17-32)22-10-8-21(29)9-11-22/h3-13,19,25,30H,2,14-18H2,1H3/t25-/m1/s1. The average molecular weight is 546 g/mol. The number of rotatable bonds is 9. The van der Waals surface area contributed by atoms with Gasteiger partial charge in [-0.25, -0.2) is 12.8 Å². The minimum absolute atomic E-state index is 0.0482. The Morgan fingerprint density at radius 1 is 1.03 bits per heavy atom. The molecule has 0 aromatic heterocycles. The summed E-state index contributed by atoms with van der Waals surface area (Å²) >= 11 is 6.22. The van der Waals surface area contributed by atoms with Crippen LogP contribution in [0.15, 0.2) is 77.7 Å². The van der Waals surface area contributed by atoms with Crippen LogP contribution >= 0.6 is 11.6 Å². The Bertz CT molecular complexity index is 1320. The monoisotopic (exact) mass is 545 g/mol. The summed E-state index contributed by atoms with van der Waals surface area (Å²) in [6, 6.07) is 18.7. The number of hydrogen-bond donors (Lipinski definition) is 1. The number of sulfonamides is 1. The number of anilines is 1. The second kappa shape index (κ2) is 11.9. The molecule has 1 heterocycles. The molecule has 1 atom stereocenters. The van der Waals surface area contributed by atoms with Crippen LogP contribution in [0.2, 0.25) is 5.02 Å². The smallest absolute Gasteiger partial charge is 0.241 e. The van der Waals surface area contributed by atoms with Gasteiger partial charge in [0.25, 0.3) is 0 Å². The molecule has 0 unspecified atom stereocenters. The van der Waals surface area contributed by atoms with Crippen molar-refractivity contribution in [3.63, 3.8) is 0 Å². The van der Waals surface area contributed by atoms with E-state index in [-0.39, 0.29) is 28.1 Å². The van der Waals surface area contributed by atoms with Crippen molar-refractivity contribution in [2.75, 3.05) is 37.7 Å². The van der Waals surface area contributed by atoms with E-state index < -0.39 is 16.1 Å². The molecule has 0 radical (unpaired) electrons. The molecule has 37 heavy (non-hydrogen) atoms. The molecule has 3 aromatic carbocycles. The van der Waals surface area contributed by atoms with E-state index in [1.807, 2.05) is 37.3 Å². The summed E-state index contributed by atoms with van der Waals surface area (Å²) in [6.07, 6.45) is 0.196. The Kier molecular flexibility index (Phi) is 8.68. The number of nitrogens with zero attached hydrogens (tertiary/aromatic N) is 2. The molecular weight excluding hydrogens is 517 g/mol. The number of benzene rings is 3. The summed E-state index contributed by atoms with van der Waals surface area (Å²) in [4.78, 5) is 17.3. The highest BCUT2D eigenvalue weighted by molar-refractivity contribution is 7.89. The van der Waals surface area contributed by atoms with Gasteiger partial charge in [-0.2, -0.15) is 4.72 Å². The molecule has 10 heteroatoms. The quantitative estimate of drug-likeness (QED) is 0.438. The van der Waals surface area contributed by atoms with E-state index in [1.54, 1.807) is 17.0 Å². The molecule has 0 spiro atoms. The van der Waals surface area contributed by atoms with Crippen molar-refractivity contribution < 1.29 is 22.3 Å². The second-order valence-electron chi connectivity index (χ2n) is 8.68. The lowest BCUT2D eigenvalue weighted by Gasteiger charge is -2.37. The van der Waals surface area contributed by atoms with Gasteiger partial charge in [0.2, 0.25) is 15.9 Å². The number of carbonyl (C=O) groups is 1. The Morgan fingerprint density at radius 2 is 1.70 bits per heavy atom. The van der Waals surface area contributed by atoms with Crippen LogP contribution in [0.25, 0.3) is 0 Å². The summed E-state index contributed by atoms with van der Waals surface area (Å²) in [5.74, 6) is -0.218. The highest BCUT2D eigenvalue weighted by atomic mass is 35.5. The zero-order chi connectivity index (χ0) is 26.4. The fourth-order valence-electron chi connectivity index (χ4n) is 4.26. The predicted octanol–water partition coefficient (Wildman–Crippen LogP) is 4.12. The predicted molar refractivity (Wildman–Crippen MR) is 142 cm³/mol. The number of ether oxygens (including phenoxy) is 1. The van der Waals surface area contributed by atoms with Crippen molar-refractivity contribution in [2.45, 2.75) is 24.3 Å². The largest absolute Gasteiger partial charge is 0.492 e. The fourth-order valence-corrected chi connectivity index (χ4v) is 5.78. The number of carbonyl (C=O) groups excluding carboxylic acids is 1. The Morgan fingerprint density at radius 3 is 2.32 bits per heavy atom. The SMILES string of the molecule is CCOc1ccc(S(=O)(=O)N[C@H](Cc2ccccc2)C(=O)N2CCN(c3ccc(F)cc3)CC2)cc1Cl. The summed E-state index contributed by atoms with van der Waals surface area (Å²) in [5.41, 5.74) is 1.71. The van der Waals surface area contributed by atoms with Crippen LogP contribution in [0.3, 0.4) is 0 Å². The first-order valence-corrected chi connectivity index (χ1v) is 13.9.